The second-order valence-electron chi connectivity index (χ2n) is 4.81. The summed E-state index contributed by atoms with van der Waals surface area (Å²) in [5, 5.41) is 0. The quantitative estimate of drug-likeness (QED) is 0.830. The van der Waals surface area contributed by atoms with Crippen molar-refractivity contribution in [2.45, 2.75) is 27.4 Å². The van der Waals surface area contributed by atoms with Crippen LogP contribution in [0.15, 0.2) is 36.4 Å². The minimum absolute atomic E-state index is 0.591. The van der Waals surface area contributed by atoms with Crippen molar-refractivity contribution in [2.24, 2.45) is 0 Å². The van der Waals surface area contributed by atoms with Crippen LogP contribution in [-0.4, -0.2) is 0 Å². The highest BCUT2D eigenvalue weighted by molar-refractivity contribution is 5.47. The zero-order chi connectivity index (χ0) is 13.1. The molecule has 0 heterocycles. The Morgan fingerprint density at radius 2 is 1.61 bits per heavy atom. The topological polar surface area (TPSA) is 35.2 Å². The van der Waals surface area contributed by atoms with E-state index in [1.165, 1.54) is 16.7 Å². The van der Waals surface area contributed by atoms with Crippen LogP contribution >= 0.6 is 0 Å². The van der Waals surface area contributed by atoms with E-state index in [2.05, 4.69) is 32.0 Å². The zero-order valence-electron chi connectivity index (χ0n) is 11.2. The molecule has 0 atom stereocenters. The Morgan fingerprint density at radius 3 is 2.22 bits per heavy atom. The van der Waals surface area contributed by atoms with Crippen LogP contribution in [0.5, 0.6) is 5.75 Å². The van der Waals surface area contributed by atoms with Crippen molar-refractivity contribution in [3.8, 4) is 5.75 Å². The molecule has 2 rings (SSSR count). The van der Waals surface area contributed by atoms with E-state index in [1.54, 1.807) is 0 Å². The highest BCUT2D eigenvalue weighted by Crippen LogP contribution is 2.21. The summed E-state index contributed by atoms with van der Waals surface area (Å²) in [6.07, 6.45) is 0. The van der Waals surface area contributed by atoms with Crippen molar-refractivity contribution in [3.63, 3.8) is 0 Å². The third-order valence-corrected chi connectivity index (χ3v) is 2.87. The molecule has 0 bridgehead atoms. The minimum atomic E-state index is 0.591. The summed E-state index contributed by atoms with van der Waals surface area (Å²) in [7, 11) is 0. The van der Waals surface area contributed by atoms with E-state index in [1.807, 2.05) is 25.1 Å². The fourth-order valence-corrected chi connectivity index (χ4v) is 2.15. The highest BCUT2D eigenvalue weighted by Gasteiger charge is 2.01. The maximum atomic E-state index is 5.83. The van der Waals surface area contributed by atoms with Crippen molar-refractivity contribution >= 4 is 5.69 Å². The van der Waals surface area contributed by atoms with Gasteiger partial charge in [-0.1, -0.05) is 29.3 Å². The van der Waals surface area contributed by atoms with E-state index in [0.29, 0.717) is 6.61 Å². The molecule has 2 aromatic carbocycles. The van der Waals surface area contributed by atoms with Crippen molar-refractivity contribution in [3.05, 3.63) is 58.7 Å². The lowest BCUT2D eigenvalue weighted by Gasteiger charge is -2.10. The van der Waals surface area contributed by atoms with Gasteiger partial charge < -0.3 is 10.5 Å². The number of aryl methyl sites for hydroxylation is 3. The van der Waals surface area contributed by atoms with E-state index in [9.17, 15) is 0 Å². The Kier molecular flexibility index (Phi) is 3.56. The molecule has 0 amide bonds. The van der Waals surface area contributed by atoms with Crippen LogP contribution in [0.3, 0.4) is 0 Å². The van der Waals surface area contributed by atoms with Crippen molar-refractivity contribution in [1.82, 2.24) is 0 Å². The highest BCUT2D eigenvalue weighted by atomic mass is 16.5. The smallest absolute Gasteiger partial charge is 0.122 e. The Labute approximate surface area is 108 Å². The third kappa shape index (κ3) is 3.04. The van der Waals surface area contributed by atoms with Crippen molar-refractivity contribution in [2.75, 3.05) is 5.73 Å². The molecule has 2 heteroatoms. The summed E-state index contributed by atoms with van der Waals surface area (Å²) >= 11 is 0. The van der Waals surface area contributed by atoms with Gasteiger partial charge >= 0.3 is 0 Å². The lowest BCUT2D eigenvalue weighted by molar-refractivity contribution is 0.304. The average molecular weight is 241 g/mol. The number of hydrogen-bond acceptors (Lipinski definition) is 2. The van der Waals surface area contributed by atoms with Gasteiger partial charge in [0.05, 0.1) is 0 Å². The fraction of sp³-hybridized carbons (Fsp3) is 0.250. The number of anilines is 1. The normalized spacial score (nSPS) is 10.4. The van der Waals surface area contributed by atoms with Gasteiger partial charge in [-0.3, -0.25) is 0 Å². The third-order valence-electron chi connectivity index (χ3n) is 2.87. The molecule has 2 N–H and O–H groups in total. The maximum Gasteiger partial charge on any atom is 0.122 e. The summed E-state index contributed by atoms with van der Waals surface area (Å²) in [6, 6.07) is 12.2. The molecule has 0 aliphatic carbocycles. The first kappa shape index (κ1) is 12.5. The molecule has 94 valence electrons. The molecule has 0 unspecified atom stereocenters. The van der Waals surface area contributed by atoms with E-state index in [4.69, 9.17) is 10.5 Å². The number of nitrogen functional groups attached to an aromatic ring is 1. The van der Waals surface area contributed by atoms with Crippen LogP contribution in [0.25, 0.3) is 0 Å². The monoisotopic (exact) mass is 241 g/mol. The van der Waals surface area contributed by atoms with Gasteiger partial charge in [-0.25, -0.2) is 0 Å². The number of ether oxygens (including phenoxy) is 1. The second-order valence-corrected chi connectivity index (χ2v) is 4.81. The van der Waals surface area contributed by atoms with E-state index >= 15 is 0 Å². The zero-order valence-corrected chi connectivity index (χ0v) is 11.2. The van der Waals surface area contributed by atoms with Crippen LogP contribution < -0.4 is 10.5 Å². The van der Waals surface area contributed by atoms with Gasteiger partial charge in [0.25, 0.3) is 0 Å². The van der Waals surface area contributed by atoms with E-state index in [0.717, 1.165) is 17.0 Å². The summed E-state index contributed by atoms with van der Waals surface area (Å²) in [6.45, 7) is 6.80. The summed E-state index contributed by atoms with van der Waals surface area (Å²) in [4.78, 5) is 0. The molecule has 0 aromatic heterocycles. The van der Waals surface area contributed by atoms with Crippen LogP contribution in [-0.2, 0) is 6.61 Å². The number of nitrogens with two attached hydrogens (primary N) is 1. The molecule has 2 aromatic rings. The average Bonchev–Trinajstić information content (AvgIpc) is 2.26. The Morgan fingerprint density at radius 1 is 0.944 bits per heavy atom. The number of benzene rings is 2. The lowest BCUT2D eigenvalue weighted by atomic mass is 10.1. The standard InChI is InChI=1S/C16H19NO/c1-11-6-12(2)8-14(7-11)10-18-16-5-4-15(17)9-13(16)3/h4-9H,10,17H2,1-3H3. The van der Waals surface area contributed by atoms with Crippen LogP contribution in [0, 0.1) is 20.8 Å². The van der Waals surface area contributed by atoms with E-state index in [-0.39, 0.29) is 0 Å². The molecular formula is C16H19NO. The van der Waals surface area contributed by atoms with Gasteiger partial charge in [-0.05, 0) is 50.1 Å². The first-order chi connectivity index (χ1) is 8.54. The van der Waals surface area contributed by atoms with E-state index < -0.39 is 0 Å². The molecule has 2 nitrogen and oxygen atoms in total. The summed E-state index contributed by atoms with van der Waals surface area (Å²) in [5.74, 6) is 0.892. The molecule has 0 saturated heterocycles. The Bertz CT molecular complexity index is 541. The SMILES string of the molecule is Cc1cc(C)cc(COc2ccc(N)cc2C)c1. The van der Waals surface area contributed by atoms with Crippen LogP contribution in [0.1, 0.15) is 22.3 Å². The van der Waals surface area contributed by atoms with Gasteiger partial charge in [-0.2, -0.15) is 0 Å². The molecule has 0 saturated carbocycles. The molecule has 0 spiro atoms. The van der Waals surface area contributed by atoms with Gasteiger partial charge in [0.2, 0.25) is 0 Å². The van der Waals surface area contributed by atoms with Crippen LogP contribution in [0.2, 0.25) is 0 Å². The molecule has 0 radical (unpaired) electrons. The molecule has 0 aliphatic heterocycles. The van der Waals surface area contributed by atoms with Gasteiger partial charge in [0, 0.05) is 5.69 Å². The fourth-order valence-electron chi connectivity index (χ4n) is 2.15. The number of hydrogen-bond donors (Lipinski definition) is 1. The number of rotatable bonds is 3. The predicted octanol–water partition coefficient (Wildman–Crippen LogP) is 3.77. The van der Waals surface area contributed by atoms with Crippen molar-refractivity contribution in [1.29, 1.82) is 0 Å². The molecule has 0 aliphatic rings. The largest absolute Gasteiger partial charge is 0.489 e. The second kappa shape index (κ2) is 5.13. The molecular weight excluding hydrogens is 222 g/mol. The van der Waals surface area contributed by atoms with Gasteiger partial charge in [0.1, 0.15) is 12.4 Å². The lowest BCUT2D eigenvalue weighted by Crippen LogP contribution is -1.98. The van der Waals surface area contributed by atoms with Gasteiger partial charge in [0.15, 0.2) is 0 Å². The Hall–Kier alpha value is -1.96. The van der Waals surface area contributed by atoms with Crippen LogP contribution in [0.4, 0.5) is 5.69 Å². The minimum Gasteiger partial charge on any atom is -0.489 e. The Balaban J connectivity index is 2.11. The first-order valence-corrected chi connectivity index (χ1v) is 6.11. The molecule has 0 fully saturated rings. The summed E-state index contributed by atoms with van der Waals surface area (Å²) in [5.41, 5.74) is 11.3. The predicted molar refractivity (Wildman–Crippen MR) is 75.8 cm³/mol. The maximum absolute atomic E-state index is 5.83. The van der Waals surface area contributed by atoms with Crippen molar-refractivity contribution < 1.29 is 4.74 Å². The first-order valence-electron chi connectivity index (χ1n) is 6.11. The summed E-state index contributed by atoms with van der Waals surface area (Å²) < 4.78 is 5.83. The molecule has 18 heavy (non-hydrogen) atoms. The van der Waals surface area contributed by atoms with Gasteiger partial charge in [-0.15, -0.1) is 0 Å².